The van der Waals surface area contributed by atoms with Gasteiger partial charge in [-0.15, -0.1) is 5.10 Å². The maximum atomic E-state index is 11.2. The molecule has 3 N–H and O–H groups in total. The van der Waals surface area contributed by atoms with Gasteiger partial charge in [-0.25, -0.2) is 10.5 Å². The van der Waals surface area contributed by atoms with E-state index in [0.29, 0.717) is 22.3 Å². The fraction of sp³-hybridized carbons (Fsp3) is 0.182. The zero-order valence-electron chi connectivity index (χ0n) is 10.2. The molecular weight excluding hydrogens is 305 g/mol. The van der Waals surface area contributed by atoms with Gasteiger partial charge in [-0.05, 0) is 12.1 Å². The zero-order valence-corrected chi connectivity index (χ0v) is 11.7. The molecule has 2 aromatic rings. The first-order chi connectivity index (χ1) is 9.61. The minimum atomic E-state index is -0.508. The number of carbonyl (C=O) groups excluding carboxylic acids is 1. The molecule has 7 nitrogen and oxygen atoms in total. The van der Waals surface area contributed by atoms with Crippen LogP contribution in [0.2, 0.25) is 10.0 Å². The van der Waals surface area contributed by atoms with E-state index in [0.717, 1.165) is 0 Å². The van der Waals surface area contributed by atoms with Crippen LogP contribution in [0.5, 0.6) is 5.75 Å². The van der Waals surface area contributed by atoms with Gasteiger partial charge in [0.2, 0.25) is 0 Å². The number of amides is 1. The molecule has 1 aromatic carbocycles. The second-order valence-electron chi connectivity index (χ2n) is 3.74. The molecule has 0 saturated carbocycles. The normalized spacial score (nSPS) is 10.3. The third-order valence-corrected chi connectivity index (χ3v) is 2.98. The van der Waals surface area contributed by atoms with Gasteiger partial charge >= 0.3 is 0 Å². The summed E-state index contributed by atoms with van der Waals surface area (Å²) in [6.07, 6.45) is 1.46. The Hall–Kier alpha value is -1.83. The molecule has 0 atom stereocenters. The van der Waals surface area contributed by atoms with Crippen LogP contribution in [0.25, 0.3) is 0 Å². The topological polar surface area (TPSA) is 95.1 Å². The summed E-state index contributed by atoms with van der Waals surface area (Å²) in [5, 5.41) is 8.29. The van der Waals surface area contributed by atoms with Gasteiger partial charge in [0, 0.05) is 0 Å². The number of benzene rings is 1. The first-order valence-corrected chi connectivity index (χ1v) is 6.35. The number of halogens is 2. The first-order valence-electron chi connectivity index (χ1n) is 5.59. The summed E-state index contributed by atoms with van der Waals surface area (Å²) in [5.74, 6) is 4.90. The van der Waals surface area contributed by atoms with E-state index in [1.54, 1.807) is 18.2 Å². The average molecular weight is 316 g/mol. The van der Waals surface area contributed by atoms with Crippen molar-refractivity contribution in [2.24, 2.45) is 5.84 Å². The van der Waals surface area contributed by atoms with Gasteiger partial charge in [0.1, 0.15) is 6.61 Å². The molecule has 0 aliphatic heterocycles. The Kier molecular flexibility index (Phi) is 4.78. The summed E-state index contributed by atoms with van der Waals surface area (Å²) < 4.78 is 6.94. The molecule has 0 unspecified atom stereocenters. The Morgan fingerprint density at radius 3 is 2.75 bits per heavy atom. The molecule has 0 aliphatic carbocycles. The van der Waals surface area contributed by atoms with Crippen molar-refractivity contribution >= 4 is 29.1 Å². The molecule has 106 valence electrons. The molecular formula is C11H11Cl2N5O2. The SMILES string of the molecule is NNC(=O)c1cn(CCOc2c(Cl)cccc2Cl)nn1. The maximum absolute atomic E-state index is 11.2. The average Bonchev–Trinajstić information content (AvgIpc) is 2.90. The number of para-hydroxylation sites is 1. The quantitative estimate of drug-likeness (QED) is 0.492. The standard InChI is InChI=1S/C11H11Cl2N5O2/c12-7-2-1-3-8(13)10(7)20-5-4-18-6-9(16-17-18)11(19)15-14/h1-3,6H,4-5,14H2,(H,15,19). The summed E-state index contributed by atoms with van der Waals surface area (Å²) in [7, 11) is 0. The molecule has 0 fully saturated rings. The summed E-state index contributed by atoms with van der Waals surface area (Å²) in [5.41, 5.74) is 2.10. The molecule has 0 bridgehead atoms. The van der Waals surface area contributed by atoms with Crippen molar-refractivity contribution in [2.45, 2.75) is 6.54 Å². The molecule has 1 amide bonds. The van der Waals surface area contributed by atoms with E-state index >= 15 is 0 Å². The van der Waals surface area contributed by atoms with E-state index in [4.69, 9.17) is 33.8 Å². The molecule has 0 spiro atoms. The van der Waals surface area contributed by atoms with Crippen LogP contribution in [0.3, 0.4) is 0 Å². The maximum Gasteiger partial charge on any atom is 0.287 e. The third kappa shape index (κ3) is 3.38. The van der Waals surface area contributed by atoms with Gasteiger partial charge in [-0.3, -0.25) is 10.2 Å². The van der Waals surface area contributed by atoms with Crippen molar-refractivity contribution in [1.82, 2.24) is 20.4 Å². The summed E-state index contributed by atoms with van der Waals surface area (Å²) >= 11 is 11.9. The van der Waals surface area contributed by atoms with Gasteiger partial charge in [0.05, 0.1) is 22.8 Å². The van der Waals surface area contributed by atoms with Gasteiger partial charge in [0.25, 0.3) is 5.91 Å². The number of nitrogen functional groups attached to an aromatic ring is 1. The number of nitrogens with two attached hydrogens (primary N) is 1. The number of hydrogen-bond acceptors (Lipinski definition) is 5. The highest BCUT2D eigenvalue weighted by Crippen LogP contribution is 2.32. The van der Waals surface area contributed by atoms with Crippen LogP contribution in [-0.4, -0.2) is 27.5 Å². The van der Waals surface area contributed by atoms with Crippen molar-refractivity contribution in [3.8, 4) is 5.75 Å². The van der Waals surface area contributed by atoms with Crippen LogP contribution in [0, 0.1) is 0 Å². The molecule has 0 aliphatic rings. The van der Waals surface area contributed by atoms with E-state index < -0.39 is 5.91 Å². The molecule has 0 radical (unpaired) electrons. The lowest BCUT2D eigenvalue weighted by Crippen LogP contribution is -2.30. The zero-order chi connectivity index (χ0) is 14.5. The number of hydrogen-bond donors (Lipinski definition) is 2. The highest BCUT2D eigenvalue weighted by Gasteiger charge is 2.10. The summed E-state index contributed by atoms with van der Waals surface area (Å²) in [6.45, 7) is 0.656. The van der Waals surface area contributed by atoms with Crippen molar-refractivity contribution in [3.05, 3.63) is 40.1 Å². The van der Waals surface area contributed by atoms with Gasteiger partial charge < -0.3 is 4.74 Å². The van der Waals surface area contributed by atoms with E-state index in [1.807, 2.05) is 5.43 Å². The van der Waals surface area contributed by atoms with Crippen LogP contribution in [-0.2, 0) is 6.54 Å². The van der Waals surface area contributed by atoms with Crippen molar-refractivity contribution in [3.63, 3.8) is 0 Å². The molecule has 1 aromatic heterocycles. The number of nitrogens with zero attached hydrogens (tertiary/aromatic N) is 3. The van der Waals surface area contributed by atoms with Crippen LogP contribution < -0.4 is 16.0 Å². The molecule has 0 saturated heterocycles. The van der Waals surface area contributed by atoms with Crippen molar-refractivity contribution < 1.29 is 9.53 Å². The number of carbonyl (C=O) groups is 1. The lowest BCUT2D eigenvalue weighted by Gasteiger charge is -2.09. The predicted molar refractivity (Wildman–Crippen MR) is 73.6 cm³/mol. The molecule has 2 rings (SSSR count). The van der Waals surface area contributed by atoms with E-state index in [2.05, 4.69) is 10.3 Å². The van der Waals surface area contributed by atoms with Crippen LogP contribution in [0.4, 0.5) is 0 Å². The monoisotopic (exact) mass is 315 g/mol. The molecule has 20 heavy (non-hydrogen) atoms. The largest absolute Gasteiger partial charge is 0.489 e. The first kappa shape index (κ1) is 14.6. The summed E-state index contributed by atoms with van der Waals surface area (Å²) in [6, 6.07) is 5.09. The Balaban J connectivity index is 1.93. The smallest absolute Gasteiger partial charge is 0.287 e. The lowest BCUT2D eigenvalue weighted by molar-refractivity contribution is 0.0948. The van der Waals surface area contributed by atoms with E-state index in [-0.39, 0.29) is 12.3 Å². The number of hydrazine groups is 1. The number of aromatic nitrogens is 3. The van der Waals surface area contributed by atoms with Crippen LogP contribution >= 0.6 is 23.2 Å². The van der Waals surface area contributed by atoms with E-state index in [9.17, 15) is 4.79 Å². The lowest BCUT2D eigenvalue weighted by atomic mass is 10.3. The fourth-order valence-electron chi connectivity index (χ4n) is 1.45. The third-order valence-electron chi connectivity index (χ3n) is 2.39. The highest BCUT2D eigenvalue weighted by molar-refractivity contribution is 6.37. The van der Waals surface area contributed by atoms with Crippen LogP contribution in [0.15, 0.2) is 24.4 Å². The number of nitrogens with one attached hydrogen (secondary N) is 1. The van der Waals surface area contributed by atoms with Gasteiger partial charge in [-0.2, -0.15) is 0 Å². The summed E-state index contributed by atoms with van der Waals surface area (Å²) in [4.78, 5) is 11.2. The van der Waals surface area contributed by atoms with Crippen LogP contribution in [0.1, 0.15) is 10.5 Å². The van der Waals surface area contributed by atoms with Crippen molar-refractivity contribution in [2.75, 3.05) is 6.61 Å². The van der Waals surface area contributed by atoms with Gasteiger partial charge in [-0.1, -0.05) is 34.5 Å². The minimum absolute atomic E-state index is 0.128. The van der Waals surface area contributed by atoms with Gasteiger partial charge in [0.15, 0.2) is 11.4 Å². The van der Waals surface area contributed by atoms with Crippen molar-refractivity contribution in [1.29, 1.82) is 0 Å². The number of ether oxygens (including phenoxy) is 1. The highest BCUT2D eigenvalue weighted by atomic mass is 35.5. The number of rotatable bonds is 5. The predicted octanol–water partition coefficient (Wildman–Crippen LogP) is 1.27. The Labute approximate surface area is 124 Å². The van der Waals surface area contributed by atoms with E-state index in [1.165, 1.54) is 10.9 Å². The minimum Gasteiger partial charge on any atom is -0.489 e. The molecule has 1 heterocycles. The second-order valence-corrected chi connectivity index (χ2v) is 4.55. The Morgan fingerprint density at radius 2 is 2.10 bits per heavy atom. The molecule has 9 heteroatoms. The second kappa shape index (κ2) is 6.56. The fourth-order valence-corrected chi connectivity index (χ4v) is 1.95. The Morgan fingerprint density at radius 1 is 1.40 bits per heavy atom. The Bertz CT molecular complexity index is 596.